The zero-order chi connectivity index (χ0) is 16.4. The monoisotopic (exact) mass is 319 g/mol. The summed E-state index contributed by atoms with van der Waals surface area (Å²) in [4.78, 5) is 27.6. The Kier molecular flexibility index (Phi) is 4.44. The number of aliphatic hydroxyl groups excluding tert-OH is 1. The summed E-state index contributed by atoms with van der Waals surface area (Å²) in [5.74, 6) is 0. The lowest BCUT2D eigenvalue weighted by atomic mass is 10.1. The third-order valence-electron chi connectivity index (χ3n) is 4.30. The first-order valence-corrected chi connectivity index (χ1v) is 7.72. The van der Waals surface area contributed by atoms with Crippen LogP contribution < -0.4 is 11.2 Å². The highest BCUT2D eigenvalue weighted by molar-refractivity contribution is 5.03. The Morgan fingerprint density at radius 1 is 1.35 bits per heavy atom. The Balaban J connectivity index is 1.73. The predicted molar refractivity (Wildman–Crippen MR) is 84.1 cm³/mol. The summed E-state index contributed by atoms with van der Waals surface area (Å²) in [5.41, 5.74) is 0.233. The number of nitrogens with zero attached hydrogens (tertiary/aromatic N) is 4. The molecule has 2 aromatic heterocycles. The van der Waals surface area contributed by atoms with Crippen molar-refractivity contribution in [3.05, 3.63) is 51.1 Å². The van der Waals surface area contributed by atoms with Gasteiger partial charge in [0.25, 0.3) is 5.56 Å². The molecule has 0 amide bonds. The van der Waals surface area contributed by atoms with Crippen LogP contribution in [0.3, 0.4) is 0 Å². The van der Waals surface area contributed by atoms with Gasteiger partial charge in [-0.15, -0.1) is 0 Å². The van der Waals surface area contributed by atoms with Crippen molar-refractivity contribution in [1.82, 2.24) is 24.2 Å². The largest absolute Gasteiger partial charge is 0.391 e. The summed E-state index contributed by atoms with van der Waals surface area (Å²) in [5, 5.41) is 14.6. The van der Waals surface area contributed by atoms with Crippen LogP contribution in [0.15, 0.2) is 34.2 Å². The van der Waals surface area contributed by atoms with E-state index >= 15 is 0 Å². The third kappa shape index (κ3) is 3.59. The number of aliphatic hydroxyl groups is 1. The van der Waals surface area contributed by atoms with Crippen molar-refractivity contribution < 1.29 is 5.11 Å². The fourth-order valence-corrected chi connectivity index (χ4v) is 3.11. The SMILES string of the molecule is Cn1cc(CN2CC[C@H](O)[C@@H](n3ccc(=O)[nH]c3=O)CC2)cn1. The van der Waals surface area contributed by atoms with Gasteiger partial charge in [-0.25, -0.2) is 4.79 Å². The second-order valence-corrected chi connectivity index (χ2v) is 6.03. The summed E-state index contributed by atoms with van der Waals surface area (Å²) in [6.45, 7) is 2.29. The van der Waals surface area contributed by atoms with Crippen molar-refractivity contribution in [2.75, 3.05) is 13.1 Å². The average Bonchev–Trinajstić information content (AvgIpc) is 2.82. The molecule has 3 heterocycles. The van der Waals surface area contributed by atoms with Gasteiger partial charge in [0.05, 0.1) is 18.3 Å². The van der Waals surface area contributed by atoms with E-state index in [1.165, 1.54) is 16.8 Å². The van der Waals surface area contributed by atoms with E-state index in [9.17, 15) is 14.7 Å². The van der Waals surface area contributed by atoms with Crippen LogP contribution in [0.4, 0.5) is 0 Å². The maximum atomic E-state index is 11.9. The molecule has 2 N–H and O–H groups in total. The average molecular weight is 319 g/mol. The molecule has 2 aromatic rings. The molecule has 8 nitrogen and oxygen atoms in total. The topological polar surface area (TPSA) is 96.1 Å². The Morgan fingerprint density at radius 2 is 2.13 bits per heavy atom. The van der Waals surface area contributed by atoms with Gasteiger partial charge in [-0.05, 0) is 12.8 Å². The molecule has 0 aromatic carbocycles. The van der Waals surface area contributed by atoms with Crippen LogP contribution in [-0.4, -0.2) is 48.5 Å². The van der Waals surface area contributed by atoms with E-state index in [1.807, 2.05) is 19.4 Å². The van der Waals surface area contributed by atoms with Gasteiger partial charge in [0, 0.05) is 50.7 Å². The summed E-state index contributed by atoms with van der Waals surface area (Å²) in [7, 11) is 1.88. The molecule has 8 heteroatoms. The lowest BCUT2D eigenvalue weighted by Crippen LogP contribution is -2.36. The lowest BCUT2D eigenvalue weighted by Gasteiger charge is -2.22. The van der Waals surface area contributed by atoms with Gasteiger partial charge in [0.2, 0.25) is 0 Å². The summed E-state index contributed by atoms with van der Waals surface area (Å²) in [6.07, 6.45) is 5.89. The van der Waals surface area contributed by atoms with Crippen molar-refractivity contribution >= 4 is 0 Å². The molecule has 1 aliphatic heterocycles. The zero-order valence-corrected chi connectivity index (χ0v) is 13.1. The van der Waals surface area contributed by atoms with Gasteiger partial charge in [0.15, 0.2) is 0 Å². The standard InChI is InChI=1S/C15H21N5O3/c1-18-9-11(8-16-18)10-19-5-2-12(13(21)3-6-19)20-7-4-14(22)17-15(20)23/h4,7-9,12-13,21H,2-3,5-6,10H2,1H3,(H,17,22,23)/t12-,13-/m0/s1. The number of aromatic amines is 1. The minimum Gasteiger partial charge on any atom is -0.391 e. The Hall–Kier alpha value is -2.19. The van der Waals surface area contributed by atoms with Gasteiger partial charge in [-0.3, -0.25) is 23.9 Å². The summed E-state index contributed by atoms with van der Waals surface area (Å²) < 4.78 is 3.20. The molecular weight excluding hydrogens is 298 g/mol. The number of likely N-dealkylation sites (tertiary alicyclic amines) is 1. The highest BCUT2D eigenvalue weighted by Gasteiger charge is 2.27. The van der Waals surface area contributed by atoms with Crippen LogP contribution in [0.1, 0.15) is 24.4 Å². The molecule has 0 saturated carbocycles. The predicted octanol–water partition coefficient (Wildman–Crippen LogP) is -0.532. The first-order chi connectivity index (χ1) is 11.0. The van der Waals surface area contributed by atoms with E-state index in [0.29, 0.717) is 12.8 Å². The van der Waals surface area contributed by atoms with Crippen LogP contribution >= 0.6 is 0 Å². The van der Waals surface area contributed by atoms with Crippen molar-refractivity contribution in [2.45, 2.75) is 31.5 Å². The van der Waals surface area contributed by atoms with Gasteiger partial charge in [0.1, 0.15) is 0 Å². The number of hydrogen-bond donors (Lipinski definition) is 2. The minimum absolute atomic E-state index is 0.321. The first-order valence-electron chi connectivity index (χ1n) is 7.72. The number of H-pyrrole nitrogens is 1. The van der Waals surface area contributed by atoms with Crippen molar-refractivity contribution in [3.8, 4) is 0 Å². The van der Waals surface area contributed by atoms with Crippen LogP contribution in [0.5, 0.6) is 0 Å². The van der Waals surface area contributed by atoms with E-state index in [0.717, 1.165) is 25.2 Å². The molecule has 0 unspecified atom stereocenters. The molecule has 1 fully saturated rings. The summed E-state index contributed by atoms with van der Waals surface area (Å²) >= 11 is 0. The number of hydrogen-bond acceptors (Lipinski definition) is 5. The maximum Gasteiger partial charge on any atom is 0.328 e. The second-order valence-electron chi connectivity index (χ2n) is 6.03. The number of aromatic nitrogens is 4. The van der Waals surface area contributed by atoms with Crippen molar-refractivity contribution in [1.29, 1.82) is 0 Å². The Morgan fingerprint density at radius 3 is 2.83 bits per heavy atom. The van der Waals surface area contributed by atoms with E-state index in [2.05, 4.69) is 15.0 Å². The van der Waals surface area contributed by atoms with Crippen molar-refractivity contribution in [3.63, 3.8) is 0 Å². The highest BCUT2D eigenvalue weighted by atomic mass is 16.3. The van der Waals surface area contributed by atoms with Gasteiger partial charge in [-0.1, -0.05) is 0 Å². The smallest absolute Gasteiger partial charge is 0.328 e. The maximum absolute atomic E-state index is 11.9. The normalized spacial score (nSPS) is 22.9. The highest BCUT2D eigenvalue weighted by Crippen LogP contribution is 2.22. The van der Waals surface area contributed by atoms with Gasteiger partial charge < -0.3 is 5.11 Å². The van der Waals surface area contributed by atoms with Crippen LogP contribution in [0.2, 0.25) is 0 Å². The molecule has 3 rings (SSSR count). The van der Waals surface area contributed by atoms with E-state index in [-0.39, 0.29) is 6.04 Å². The fraction of sp³-hybridized carbons (Fsp3) is 0.533. The molecule has 1 saturated heterocycles. The Bertz CT molecular complexity index is 778. The second kappa shape index (κ2) is 6.51. The van der Waals surface area contributed by atoms with Crippen LogP contribution in [0.25, 0.3) is 0 Å². The quantitative estimate of drug-likeness (QED) is 0.793. The first kappa shape index (κ1) is 15.7. The number of nitrogens with one attached hydrogen (secondary N) is 1. The van der Waals surface area contributed by atoms with E-state index in [4.69, 9.17) is 0 Å². The molecule has 0 bridgehead atoms. The lowest BCUT2D eigenvalue weighted by molar-refractivity contribution is 0.105. The van der Waals surface area contributed by atoms with Gasteiger partial charge in [-0.2, -0.15) is 5.10 Å². The molecular formula is C15H21N5O3. The fourth-order valence-electron chi connectivity index (χ4n) is 3.11. The molecule has 0 spiro atoms. The third-order valence-corrected chi connectivity index (χ3v) is 4.30. The number of rotatable bonds is 3. The number of aryl methyl sites for hydroxylation is 1. The summed E-state index contributed by atoms with van der Waals surface area (Å²) in [6, 6.07) is 0.991. The molecule has 124 valence electrons. The molecule has 2 atom stereocenters. The van der Waals surface area contributed by atoms with Gasteiger partial charge >= 0.3 is 5.69 Å². The Labute approximate surface area is 133 Å². The van der Waals surface area contributed by atoms with Crippen LogP contribution in [-0.2, 0) is 13.6 Å². The molecule has 0 aliphatic carbocycles. The molecule has 0 radical (unpaired) electrons. The van der Waals surface area contributed by atoms with Crippen LogP contribution in [0, 0.1) is 0 Å². The van der Waals surface area contributed by atoms with E-state index in [1.54, 1.807) is 4.68 Å². The van der Waals surface area contributed by atoms with Crippen molar-refractivity contribution in [2.24, 2.45) is 7.05 Å². The molecule has 23 heavy (non-hydrogen) atoms. The minimum atomic E-state index is -0.613. The molecule has 1 aliphatic rings. The van der Waals surface area contributed by atoms with E-state index < -0.39 is 17.4 Å². The zero-order valence-electron chi connectivity index (χ0n) is 13.1.